The van der Waals surface area contributed by atoms with E-state index in [0.29, 0.717) is 0 Å². The molecule has 1 saturated carbocycles. The summed E-state index contributed by atoms with van der Waals surface area (Å²) in [6.07, 6.45) is 4.73. The molecule has 0 aromatic heterocycles. The number of imide groups is 2. The highest BCUT2D eigenvalue weighted by atomic mass is 16.2. The average molecular weight is 300 g/mol. The van der Waals surface area contributed by atoms with E-state index in [1.54, 1.807) is 0 Å². The van der Waals surface area contributed by atoms with Crippen molar-refractivity contribution >= 4 is 17.8 Å². The van der Waals surface area contributed by atoms with Crippen LogP contribution in [0.2, 0.25) is 0 Å². The zero-order chi connectivity index (χ0) is 15.5. The van der Waals surface area contributed by atoms with Crippen LogP contribution in [0.15, 0.2) is 30.3 Å². The minimum absolute atomic E-state index is 0.0416. The van der Waals surface area contributed by atoms with Crippen LogP contribution in [-0.2, 0) is 16.1 Å². The molecule has 0 bridgehead atoms. The summed E-state index contributed by atoms with van der Waals surface area (Å²) >= 11 is 0. The van der Waals surface area contributed by atoms with Gasteiger partial charge in [0.05, 0.1) is 6.54 Å². The van der Waals surface area contributed by atoms with Gasteiger partial charge in [0, 0.05) is 6.04 Å². The van der Waals surface area contributed by atoms with Gasteiger partial charge in [-0.2, -0.15) is 0 Å². The number of amides is 4. The van der Waals surface area contributed by atoms with Gasteiger partial charge in [-0.1, -0.05) is 49.6 Å². The van der Waals surface area contributed by atoms with Crippen LogP contribution in [0, 0.1) is 0 Å². The summed E-state index contributed by atoms with van der Waals surface area (Å²) in [6, 6.07) is 8.90. The molecule has 2 fully saturated rings. The quantitative estimate of drug-likeness (QED) is 0.806. The number of hydrogen-bond donors (Lipinski definition) is 0. The van der Waals surface area contributed by atoms with Crippen LogP contribution in [0.3, 0.4) is 0 Å². The Labute approximate surface area is 129 Å². The van der Waals surface area contributed by atoms with E-state index in [-0.39, 0.29) is 24.9 Å². The molecule has 3 rings (SSSR count). The Morgan fingerprint density at radius 3 is 2.27 bits per heavy atom. The third-order valence-electron chi connectivity index (χ3n) is 4.43. The van der Waals surface area contributed by atoms with Gasteiger partial charge < -0.3 is 0 Å². The lowest BCUT2D eigenvalue weighted by atomic mass is 9.93. The van der Waals surface area contributed by atoms with Crippen molar-refractivity contribution in [3.05, 3.63) is 35.9 Å². The van der Waals surface area contributed by atoms with E-state index in [4.69, 9.17) is 0 Å². The Morgan fingerprint density at radius 2 is 1.59 bits per heavy atom. The highest BCUT2D eigenvalue weighted by molar-refractivity contribution is 6.14. The SMILES string of the molecule is O=C1CC(=O)N(C2CCCCC2)C(=O)N1Cc1ccccc1. The van der Waals surface area contributed by atoms with Crippen LogP contribution in [0.25, 0.3) is 0 Å². The third kappa shape index (κ3) is 2.89. The first-order chi connectivity index (χ1) is 10.7. The van der Waals surface area contributed by atoms with E-state index in [9.17, 15) is 14.4 Å². The molecule has 116 valence electrons. The molecule has 5 heteroatoms. The Hall–Kier alpha value is -2.17. The fourth-order valence-electron chi connectivity index (χ4n) is 3.27. The third-order valence-corrected chi connectivity index (χ3v) is 4.43. The number of nitrogens with zero attached hydrogens (tertiary/aromatic N) is 2. The van der Waals surface area contributed by atoms with Crippen molar-refractivity contribution in [1.29, 1.82) is 0 Å². The molecule has 2 aliphatic rings. The van der Waals surface area contributed by atoms with Crippen molar-refractivity contribution in [2.24, 2.45) is 0 Å². The number of urea groups is 1. The van der Waals surface area contributed by atoms with Gasteiger partial charge in [0.15, 0.2) is 0 Å². The van der Waals surface area contributed by atoms with E-state index < -0.39 is 11.9 Å². The van der Waals surface area contributed by atoms with Crippen molar-refractivity contribution in [3.8, 4) is 0 Å². The second-order valence-corrected chi connectivity index (χ2v) is 5.98. The Balaban J connectivity index is 1.79. The fraction of sp³-hybridized carbons (Fsp3) is 0.471. The summed E-state index contributed by atoms with van der Waals surface area (Å²) in [5.41, 5.74) is 0.891. The molecular weight excluding hydrogens is 280 g/mol. The van der Waals surface area contributed by atoms with Crippen molar-refractivity contribution < 1.29 is 14.4 Å². The molecular formula is C17H20N2O3. The maximum atomic E-state index is 12.7. The molecule has 22 heavy (non-hydrogen) atoms. The lowest BCUT2D eigenvalue weighted by Gasteiger charge is -2.39. The van der Waals surface area contributed by atoms with Crippen LogP contribution in [0.4, 0.5) is 4.79 Å². The Kier molecular flexibility index (Phi) is 4.22. The van der Waals surface area contributed by atoms with Crippen LogP contribution in [0.5, 0.6) is 0 Å². The molecule has 4 amide bonds. The second kappa shape index (κ2) is 6.30. The lowest BCUT2D eigenvalue weighted by Crippen LogP contribution is -2.58. The number of carbonyl (C=O) groups excluding carboxylic acids is 3. The molecule has 0 unspecified atom stereocenters. The smallest absolute Gasteiger partial charge is 0.274 e. The van der Waals surface area contributed by atoms with Crippen LogP contribution >= 0.6 is 0 Å². The number of hydrogen-bond acceptors (Lipinski definition) is 3. The topological polar surface area (TPSA) is 57.7 Å². The van der Waals surface area contributed by atoms with Gasteiger partial charge in [0.2, 0.25) is 11.8 Å². The minimum Gasteiger partial charge on any atom is -0.274 e. The van der Waals surface area contributed by atoms with Gasteiger partial charge in [-0.15, -0.1) is 0 Å². The zero-order valence-electron chi connectivity index (χ0n) is 12.5. The first kappa shape index (κ1) is 14.8. The van der Waals surface area contributed by atoms with Gasteiger partial charge in [-0.3, -0.25) is 19.4 Å². The van der Waals surface area contributed by atoms with E-state index in [1.165, 1.54) is 9.80 Å². The summed E-state index contributed by atoms with van der Waals surface area (Å²) in [7, 11) is 0. The molecule has 0 spiro atoms. The molecule has 0 atom stereocenters. The number of barbiturate groups is 1. The first-order valence-corrected chi connectivity index (χ1v) is 7.87. The molecule has 1 saturated heterocycles. The zero-order valence-corrected chi connectivity index (χ0v) is 12.5. The second-order valence-electron chi connectivity index (χ2n) is 5.98. The molecule has 0 N–H and O–H groups in total. The highest BCUT2D eigenvalue weighted by Gasteiger charge is 2.41. The van der Waals surface area contributed by atoms with Crippen LogP contribution in [0.1, 0.15) is 44.1 Å². The highest BCUT2D eigenvalue weighted by Crippen LogP contribution is 2.27. The normalized spacial score (nSPS) is 20.6. The van der Waals surface area contributed by atoms with E-state index in [1.807, 2.05) is 30.3 Å². The number of rotatable bonds is 3. The number of benzene rings is 1. The maximum Gasteiger partial charge on any atom is 0.333 e. The Bertz CT molecular complexity index is 579. The Morgan fingerprint density at radius 1 is 0.909 bits per heavy atom. The summed E-state index contributed by atoms with van der Waals surface area (Å²) in [5.74, 6) is -0.739. The molecule has 1 heterocycles. The summed E-state index contributed by atoms with van der Waals surface area (Å²) in [5, 5.41) is 0. The maximum absolute atomic E-state index is 12.7. The van der Waals surface area contributed by atoms with Crippen molar-refractivity contribution in [3.63, 3.8) is 0 Å². The first-order valence-electron chi connectivity index (χ1n) is 7.87. The monoisotopic (exact) mass is 300 g/mol. The van der Waals surface area contributed by atoms with Gasteiger partial charge in [-0.25, -0.2) is 4.79 Å². The van der Waals surface area contributed by atoms with Gasteiger partial charge in [0.25, 0.3) is 0 Å². The van der Waals surface area contributed by atoms with Crippen molar-refractivity contribution in [1.82, 2.24) is 9.80 Å². The largest absolute Gasteiger partial charge is 0.333 e. The average Bonchev–Trinajstić information content (AvgIpc) is 2.53. The standard InChI is InChI=1S/C17H20N2O3/c20-15-11-16(21)19(14-9-5-2-6-10-14)17(22)18(15)12-13-7-3-1-4-8-13/h1,3-4,7-8,14H,2,5-6,9-12H2. The molecule has 1 aliphatic heterocycles. The molecule has 0 radical (unpaired) electrons. The van der Waals surface area contributed by atoms with Crippen LogP contribution < -0.4 is 0 Å². The predicted octanol–water partition coefficient (Wildman–Crippen LogP) is 2.70. The molecule has 5 nitrogen and oxygen atoms in total. The fourth-order valence-corrected chi connectivity index (χ4v) is 3.27. The van der Waals surface area contributed by atoms with E-state index >= 15 is 0 Å². The minimum atomic E-state index is -0.447. The van der Waals surface area contributed by atoms with E-state index in [2.05, 4.69) is 0 Å². The van der Waals surface area contributed by atoms with E-state index in [0.717, 1.165) is 37.7 Å². The van der Waals surface area contributed by atoms with Crippen molar-refractivity contribution in [2.45, 2.75) is 51.1 Å². The molecule has 1 aromatic rings. The predicted molar refractivity (Wildman–Crippen MR) is 80.7 cm³/mol. The lowest BCUT2D eigenvalue weighted by molar-refractivity contribution is -0.144. The van der Waals surface area contributed by atoms with Gasteiger partial charge in [0.1, 0.15) is 6.42 Å². The summed E-state index contributed by atoms with van der Waals surface area (Å²) in [6.45, 7) is 0.231. The van der Waals surface area contributed by atoms with Crippen LogP contribution in [-0.4, -0.2) is 33.7 Å². The summed E-state index contributed by atoms with van der Waals surface area (Å²) < 4.78 is 0. The molecule has 1 aliphatic carbocycles. The van der Waals surface area contributed by atoms with Crippen molar-refractivity contribution in [2.75, 3.05) is 0 Å². The molecule has 1 aromatic carbocycles. The van der Waals surface area contributed by atoms with Gasteiger partial charge in [-0.05, 0) is 18.4 Å². The number of carbonyl (C=O) groups is 3. The summed E-state index contributed by atoms with van der Waals surface area (Å²) in [4.78, 5) is 39.5. The van der Waals surface area contributed by atoms with Gasteiger partial charge >= 0.3 is 6.03 Å².